The molecule has 0 saturated heterocycles. The summed E-state index contributed by atoms with van der Waals surface area (Å²) in [5.41, 5.74) is 0.988. The van der Waals surface area contributed by atoms with Crippen LogP contribution in [-0.4, -0.2) is 10.8 Å². The fourth-order valence-electron chi connectivity index (χ4n) is 2.37. The van der Waals surface area contributed by atoms with Gasteiger partial charge in [-0.25, -0.2) is 4.79 Å². The van der Waals surface area contributed by atoms with Gasteiger partial charge in [-0.05, 0) is 12.3 Å². The minimum atomic E-state index is -0.578. The van der Waals surface area contributed by atoms with Gasteiger partial charge in [-0.1, -0.05) is 18.2 Å². The number of rotatable bonds is 1. The van der Waals surface area contributed by atoms with E-state index in [0.29, 0.717) is 10.6 Å². The summed E-state index contributed by atoms with van der Waals surface area (Å²) in [6, 6.07) is 9.75. The van der Waals surface area contributed by atoms with E-state index < -0.39 is 5.63 Å². The molecule has 0 atom stereocenters. The monoisotopic (exact) mass is 270 g/mol. The van der Waals surface area contributed by atoms with Crippen molar-refractivity contribution in [3.05, 3.63) is 40.2 Å². The summed E-state index contributed by atoms with van der Waals surface area (Å²) < 4.78 is 7.15. The van der Waals surface area contributed by atoms with E-state index in [9.17, 15) is 4.79 Å². The van der Waals surface area contributed by atoms with Crippen LogP contribution in [0.2, 0.25) is 0 Å². The zero-order valence-electron chi connectivity index (χ0n) is 10.4. The number of nitriles is 1. The molecule has 5 heteroatoms. The van der Waals surface area contributed by atoms with Gasteiger partial charge in [0.25, 0.3) is 0 Å². The molecule has 2 aromatic heterocycles. The molecule has 94 valence electrons. The van der Waals surface area contributed by atoms with Crippen LogP contribution in [0.4, 0.5) is 0 Å². The summed E-state index contributed by atoms with van der Waals surface area (Å²) in [5.74, 6) is 0. The molecule has 1 aromatic carbocycles. The molecule has 0 saturated carbocycles. The van der Waals surface area contributed by atoms with Crippen LogP contribution in [-0.2, 0) is 7.05 Å². The molecule has 19 heavy (non-hydrogen) atoms. The third kappa shape index (κ3) is 1.50. The first-order valence-corrected chi connectivity index (χ1v) is 6.89. The Morgan fingerprint density at radius 2 is 2.11 bits per heavy atom. The van der Waals surface area contributed by atoms with Crippen molar-refractivity contribution in [1.29, 1.82) is 5.26 Å². The highest BCUT2D eigenvalue weighted by Gasteiger charge is 2.19. The molecule has 0 bridgehead atoms. The quantitative estimate of drug-likeness (QED) is 0.638. The first-order valence-electron chi connectivity index (χ1n) is 5.67. The van der Waals surface area contributed by atoms with Crippen molar-refractivity contribution in [3.8, 4) is 6.07 Å². The van der Waals surface area contributed by atoms with Crippen molar-refractivity contribution >= 4 is 33.8 Å². The topological polar surface area (TPSA) is 58.9 Å². The van der Waals surface area contributed by atoms with E-state index in [0.717, 1.165) is 16.3 Å². The predicted molar refractivity (Wildman–Crippen MR) is 75.5 cm³/mol. The molecule has 0 aliphatic carbocycles. The molecule has 0 fully saturated rings. The molecule has 0 unspecified atom stereocenters. The van der Waals surface area contributed by atoms with Crippen LogP contribution >= 0.6 is 11.8 Å². The van der Waals surface area contributed by atoms with Crippen LogP contribution in [0.1, 0.15) is 5.56 Å². The SMILES string of the molecule is CSc1c(C#N)c(=O)oc2c1c1ccccc1n2C. The second-order valence-electron chi connectivity index (χ2n) is 4.17. The van der Waals surface area contributed by atoms with Gasteiger partial charge in [0.15, 0.2) is 5.56 Å². The third-order valence-corrected chi connectivity index (χ3v) is 4.03. The largest absolute Gasteiger partial charge is 0.404 e. The van der Waals surface area contributed by atoms with E-state index >= 15 is 0 Å². The molecular weight excluding hydrogens is 260 g/mol. The molecule has 0 aliphatic rings. The molecule has 0 amide bonds. The summed E-state index contributed by atoms with van der Waals surface area (Å²) >= 11 is 1.40. The smallest absolute Gasteiger partial charge is 0.356 e. The fraction of sp³-hybridized carbons (Fsp3) is 0.143. The Hall–Kier alpha value is -2.19. The van der Waals surface area contributed by atoms with Gasteiger partial charge in [-0.2, -0.15) is 5.26 Å². The van der Waals surface area contributed by atoms with Gasteiger partial charge in [-0.15, -0.1) is 11.8 Å². The summed E-state index contributed by atoms with van der Waals surface area (Å²) in [6.07, 6.45) is 1.86. The number of nitrogens with zero attached hydrogens (tertiary/aromatic N) is 2. The molecule has 0 radical (unpaired) electrons. The maximum absolute atomic E-state index is 11.9. The summed E-state index contributed by atoms with van der Waals surface area (Å²) in [4.78, 5) is 12.5. The first kappa shape index (κ1) is 11.9. The number of aryl methyl sites for hydroxylation is 1. The van der Waals surface area contributed by atoms with E-state index in [1.54, 1.807) is 0 Å². The number of hydrogen-bond donors (Lipinski definition) is 0. The number of thioether (sulfide) groups is 1. The lowest BCUT2D eigenvalue weighted by Gasteiger charge is -2.01. The zero-order valence-corrected chi connectivity index (χ0v) is 11.2. The highest BCUT2D eigenvalue weighted by atomic mass is 32.2. The van der Waals surface area contributed by atoms with E-state index in [-0.39, 0.29) is 5.56 Å². The third-order valence-electron chi connectivity index (χ3n) is 3.22. The van der Waals surface area contributed by atoms with E-state index in [1.165, 1.54) is 11.8 Å². The van der Waals surface area contributed by atoms with E-state index in [1.807, 2.05) is 48.2 Å². The first-order chi connectivity index (χ1) is 9.19. The summed E-state index contributed by atoms with van der Waals surface area (Å²) in [6.45, 7) is 0. The zero-order chi connectivity index (χ0) is 13.6. The Morgan fingerprint density at radius 1 is 1.37 bits per heavy atom. The van der Waals surface area contributed by atoms with Gasteiger partial charge in [0.1, 0.15) is 6.07 Å². The van der Waals surface area contributed by atoms with Crippen molar-refractivity contribution in [3.63, 3.8) is 0 Å². The lowest BCUT2D eigenvalue weighted by molar-refractivity contribution is 0.532. The number of benzene rings is 1. The van der Waals surface area contributed by atoms with Gasteiger partial charge >= 0.3 is 5.63 Å². The second kappa shape index (κ2) is 4.18. The molecule has 4 nitrogen and oxygen atoms in total. The number of fused-ring (bicyclic) bond motifs is 3. The van der Waals surface area contributed by atoms with Crippen LogP contribution in [0.15, 0.2) is 38.4 Å². The van der Waals surface area contributed by atoms with Crippen LogP contribution in [0.3, 0.4) is 0 Å². The predicted octanol–water partition coefficient (Wildman–Crippen LogP) is 2.88. The average Bonchev–Trinajstić information content (AvgIpc) is 2.71. The Labute approximate surface area is 113 Å². The average molecular weight is 270 g/mol. The van der Waals surface area contributed by atoms with Gasteiger partial charge in [0.05, 0.1) is 10.9 Å². The second-order valence-corrected chi connectivity index (χ2v) is 4.98. The van der Waals surface area contributed by atoms with Crippen molar-refractivity contribution in [2.24, 2.45) is 7.05 Å². The number of hydrogen-bond acceptors (Lipinski definition) is 4. The lowest BCUT2D eigenvalue weighted by atomic mass is 10.2. The molecular formula is C14H10N2O2S. The molecule has 0 aliphatic heterocycles. The Morgan fingerprint density at radius 3 is 2.79 bits per heavy atom. The van der Waals surface area contributed by atoms with Crippen LogP contribution in [0, 0.1) is 11.3 Å². The molecule has 0 N–H and O–H groups in total. The fourth-order valence-corrected chi connectivity index (χ4v) is 3.10. The Kier molecular flexibility index (Phi) is 2.61. The van der Waals surface area contributed by atoms with Gasteiger partial charge in [-0.3, -0.25) is 0 Å². The minimum absolute atomic E-state index is 0.0800. The van der Waals surface area contributed by atoms with E-state index in [4.69, 9.17) is 9.68 Å². The number of aromatic nitrogens is 1. The van der Waals surface area contributed by atoms with Gasteiger partial charge in [0.2, 0.25) is 5.71 Å². The summed E-state index contributed by atoms with van der Waals surface area (Å²) in [7, 11) is 1.85. The molecule has 2 heterocycles. The van der Waals surface area contributed by atoms with Crippen molar-refractivity contribution in [1.82, 2.24) is 4.57 Å². The highest BCUT2D eigenvalue weighted by Crippen LogP contribution is 2.35. The maximum Gasteiger partial charge on any atom is 0.356 e. The molecule has 3 aromatic rings. The van der Waals surface area contributed by atoms with Crippen molar-refractivity contribution < 1.29 is 4.42 Å². The van der Waals surface area contributed by atoms with Gasteiger partial charge < -0.3 is 8.98 Å². The van der Waals surface area contributed by atoms with Crippen LogP contribution in [0.25, 0.3) is 22.0 Å². The number of para-hydroxylation sites is 1. The van der Waals surface area contributed by atoms with E-state index in [2.05, 4.69) is 0 Å². The molecule has 0 spiro atoms. The lowest BCUT2D eigenvalue weighted by Crippen LogP contribution is -2.06. The molecule has 3 rings (SSSR count). The minimum Gasteiger partial charge on any atom is -0.404 e. The standard InChI is InChI=1S/C14H10N2O2S/c1-16-10-6-4-3-5-8(10)11-12(19-2)9(7-15)14(17)18-13(11)16/h3-6H,1-2H3. The summed E-state index contributed by atoms with van der Waals surface area (Å²) in [5, 5.41) is 11.0. The van der Waals surface area contributed by atoms with Crippen LogP contribution in [0.5, 0.6) is 0 Å². The maximum atomic E-state index is 11.9. The Balaban J connectivity index is 2.70. The van der Waals surface area contributed by atoms with Gasteiger partial charge in [0, 0.05) is 17.3 Å². The van der Waals surface area contributed by atoms with Crippen molar-refractivity contribution in [2.45, 2.75) is 4.90 Å². The van der Waals surface area contributed by atoms with Crippen LogP contribution < -0.4 is 5.63 Å². The highest BCUT2D eigenvalue weighted by molar-refractivity contribution is 7.98. The normalized spacial score (nSPS) is 11.0. The Bertz CT molecular complexity index is 900. The van der Waals surface area contributed by atoms with Crippen molar-refractivity contribution in [2.75, 3.05) is 6.26 Å².